The van der Waals surface area contributed by atoms with Crippen LogP contribution in [0.3, 0.4) is 0 Å². The van der Waals surface area contributed by atoms with Crippen molar-refractivity contribution in [1.29, 1.82) is 0 Å². The molecule has 1 aliphatic rings. The third kappa shape index (κ3) is 3.56. The maximum atomic E-state index is 11.5. The Bertz CT molecular complexity index is 506. The molecule has 0 saturated carbocycles. The molecule has 3 atom stereocenters. The van der Waals surface area contributed by atoms with E-state index in [2.05, 4.69) is 17.1 Å². The molecule has 0 aliphatic carbocycles. The van der Waals surface area contributed by atoms with E-state index < -0.39 is 11.4 Å². The van der Waals surface area contributed by atoms with Gasteiger partial charge in [0.2, 0.25) is 5.89 Å². The van der Waals surface area contributed by atoms with Gasteiger partial charge in [0.1, 0.15) is 0 Å². The first-order chi connectivity index (χ1) is 9.84. The van der Waals surface area contributed by atoms with Gasteiger partial charge in [-0.3, -0.25) is 4.79 Å². The topological polar surface area (TPSA) is 76.2 Å². The second kappa shape index (κ2) is 6.60. The molecule has 0 spiro atoms. The van der Waals surface area contributed by atoms with Crippen LogP contribution in [0, 0.1) is 11.3 Å². The highest BCUT2D eigenvalue weighted by molar-refractivity contribution is 8.06. The summed E-state index contributed by atoms with van der Waals surface area (Å²) in [6, 6.07) is 0. The first kappa shape index (κ1) is 16.7. The largest absolute Gasteiger partial charge is 0.481 e. The second-order valence-corrected chi connectivity index (χ2v) is 8.70. The van der Waals surface area contributed by atoms with E-state index >= 15 is 0 Å². The average Bonchev–Trinajstić information content (AvgIpc) is 2.86. The lowest BCUT2D eigenvalue weighted by Crippen LogP contribution is -2.35. The molecule has 118 valence electrons. The highest BCUT2D eigenvalue weighted by Crippen LogP contribution is 2.41. The Labute approximate surface area is 133 Å². The summed E-state index contributed by atoms with van der Waals surface area (Å²) in [5.41, 5.74) is -0.885. The number of hydrogen-bond acceptors (Lipinski definition) is 6. The highest BCUT2D eigenvalue weighted by atomic mass is 32.2. The number of aliphatic carboxylic acids is 1. The number of rotatable bonds is 5. The minimum Gasteiger partial charge on any atom is -0.481 e. The Morgan fingerprint density at radius 3 is 2.71 bits per heavy atom. The predicted octanol–water partition coefficient (Wildman–Crippen LogP) is 3.27. The van der Waals surface area contributed by atoms with Gasteiger partial charge in [-0.05, 0) is 12.8 Å². The molecule has 5 nitrogen and oxygen atoms in total. The van der Waals surface area contributed by atoms with Crippen molar-refractivity contribution >= 4 is 29.5 Å². The Morgan fingerprint density at radius 1 is 1.48 bits per heavy atom. The van der Waals surface area contributed by atoms with Gasteiger partial charge in [-0.2, -0.15) is 16.7 Å². The van der Waals surface area contributed by atoms with Gasteiger partial charge in [-0.1, -0.05) is 25.9 Å². The summed E-state index contributed by atoms with van der Waals surface area (Å²) in [5.74, 6) is 2.52. The van der Waals surface area contributed by atoms with E-state index in [4.69, 9.17) is 4.52 Å². The smallest absolute Gasteiger partial charge is 0.310 e. The first-order valence-electron chi connectivity index (χ1n) is 7.13. The van der Waals surface area contributed by atoms with Crippen molar-refractivity contribution in [3.63, 3.8) is 0 Å². The molecule has 2 rings (SSSR count). The van der Waals surface area contributed by atoms with Crippen molar-refractivity contribution in [1.82, 2.24) is 10.1 Å². The molecule has 1 aromatic heterocycles. The number of aromatic nitrogens is 2. The van der Waals surface area contributed by atoms with Gasteiger partial charge in [0.05, 0.1) is 10.7 Å². The summed E-state index contributed by atoms with van der Waals surface area (Å²) in [4.78, 5) is 16.0. The number of hydrogen-bond donors (Lipinski definition) is 1. The molecule has 21 heavy (non-hydrogen) atoms. The third-order valence-electron chi connectivity index (χ3n) is 4.21. The Morgan fingerprint density at radius 2 is 2.14 bits per heavy atom. The molecule has 0 bridgehead atoms. The van der Waals surface area contributed by atoms with E-state index in [1.165, 1.54) is 0 Å². The van der Waals surface area contributed by atoms with Gasteiger partial charge >= 0.3 is 5.97 Å². The third-order valence-corrected chi connectivity index (χ3v) is 7.29. The van der Waals surface area contributed by atoms with Crippen LogP contribution < -0.4 is 0 Å². The Balaban J connectivity index is 2.14. The molecule has 1 fully saturated rings. The van der Waals surface area contributed by atoms with E-state index in [1.54, 1.807) is 6.92 Å². The molecule has 1 aromatic rings. The van der Waals surface area contributed by atoms with Crippen molar-refractivity contribution in [3.8, 4) is 0 Å². The number of carboxylic acids is 1. The summed E-state index contributed by atoms with van der Waals surface area (Å²) in [6.45, 7) is 7.72. The SMILES string of the molecule is CC1SCCSC1c1noc(CC(C)(C(=O)O)C(C)C)n1. The van der Waals surface area contributed by atoms with E-state index in [1.807, 2.05) is 37.4 Å². The molecule has 1 N–H and O–H groups in total. The summed E-state index contributed by atoms with van der Waals surface area (Å²) in [6.07, 6.45) is 0.270. The fraction of sp³-hybridized carbons (Fsp3) is 0.786. The van der Waals surface area contributed by atoms with Crippen molar-refractivity contribution in [2.45, 2.75) is 44.6 Å². The van der Waals surface area contributed by atoms with E-state index in [0.717, 1.165) is 11.5 Å². The van der Waals surface area contributed by atoms with E-state index in [9.17, 15) is 9.90 Å². The average molecular weight is 330 g/mol. The van der Waals surface area contributed by atoms with Crippen LogP contribution in [0.25, 0.3) is 0 Å². The maximum absolute atomic E-state index is 11.5. The van der Waals surface area contributed by atoms with Crippen LogP contribution in [0.1, 0.15) is 44.7 Å². The zero-order valence-corrected chi connectivity index (χ0v) is 14.5. The van der Waals surface area contributed by atoms with E-state index in [-0.39, 0.29) is 17.6 Å². The summed E-state index contributed by atoms with van der Waals surface area (Å²) in [7, 11) is 0. The molecule has 3 unspecified atom stereocenters. The van der Waals surface area contributed by atoms with Crippen LogP contribution in [-0.4, -0.2) is 38.0 Å². The quantitative estimate of drug-likeness (QED) is 0.888. The number of carbonyl (C=O) groups is 1. The van der Waals surface area contributed by atoms with Gasteiger partial charge in [-0.25, -0.2) is 0 Å². The lowest BCUT2D eigenvalue weighted by atomic mass is 9.76. The standard InChI is InChI=1S/C14H22N2O3S2/c1-8(2)14(4,13(17)18)7-10-15-12(16-19-10)11-9(3)20-5-6-21-11/h8-9,11H,5-7H2,1-4H3,(H,17,18). The predicted molar refractivity (Wildman–Crippen MR) is 85.7 cm³/mol. The monoisotopic (exact) mass is 330 g/mol. The normalized spacial score (nSPS) is 25.8. The lowest BCUT2D eigenvalue weighted by molar-refractivity contribution is -0.150. The zero-order valence-electron chi connectivity index (χ0n) is 12.8. The van der Waals surface area contributed by atoms with Crippen LogP contribution in [-0.2, 0) is 11.2 Å². The molecule has 1 aliphatic heterocycles. The van der Waals surface area contributed by atoms with Gasteiger partial charge < -0.3 is 9.63 Å². The fourth-order valence-corrected chi connectivity index (χ4v) is 4.89. The van der Waals surface area contributed by atoms with Gasteiger partial charge in [-0.15, -0.1) is 11.8 Å². The highest BCUT2D eigenvalue weighted by Gasteiger charge is 2.39. The fourth-order valence-electron chi connectivity index (χ4n) is 2.21. The minimum absolute atomic E-state index is 0.0103. The summed E-state index contributed by atoms with van der Waals surface area (Å²) >= 11 is 3.76. The number of thioether (sulfide) groups is 2. The molecular formula is C14H22N2O3S2. The first-order valence-corrected chi connectivity index (χ1v) is 9.23. The summed E-state index contributed by atoms with van der Waals surface area (Å²) in [5, 5.41) is 14.2. The Hall–Kier alpha value is -0.690. The molecular weight excluding hydrogens is 308 g/mol. The molecule has 1 saturated heterocycles. The van der Waals surface area contributed by atoms with Crippen LogP contribution in [0.5, 0.6) is 0 Å². The molecule has 0 amide bonds. The van der Waals surface area contributed by atoms with E-state index in [0.29, 0.717) is 17.0 Å². The lowest BCUT2D eigenvalue weighted by Gasteiger charge is -2.27. The molecule has 0 radical (unpaired) electrons. The van der Waals surface area contributed by atoms with Crippen LogP contribution in [0.4, 0.5) is 0 Å². The molecule has 0 aromatic carbocycles. The van der Waals surface area contributed by atoms with Crippen LogP contribution >= 0.6 is 23.5 Å². The van der Waals surface area contributed by atoms with Crippen molar-refractivity contribution in [2.75, 3.05) is 11.5 Å². The number of nitrogens with zero attached hydrogens (tertiary/aromatic N) is 2. The number of carboxylic acid groups (broad SMARTS) is 1. The molecule has 2 heterocycles. The maximum Gasteiger partial charge on any atom is 0.310 e. The summed E-state index contributed by atoms with van der Waals surface area (Å²) < 4.78 is 5.32. The van der Waals surface area contributed by atoms with Crippen molar-refractivity contribution < 1.29 is 14.4 Å². The van der Waals surface area contributed by atoms with Crippen molar-refractivity contribution in [3.05, 3.63) is 11.7 Å². The van der Waals surface area contributed by atoms with Gasteiger partial charge in [0, 0.05) is 23.2 Å². The van der Waals surface area contributed by atoms with Gasteiger partial charge in [0.25, 0.3) is 0 Å². The minimum atomic E-state index is -0.885. The molecule has 7 heteroatoms. The van der Waals surface area contributed by atoms with Crippen molar-refractivity contribution in [2.24, 2.45) is 11.3 Å². The second-order valence-electron chi connectivity index (χ2n) is 5.97. The van der Waals surface area contributed by atoms with Crippen LogP contribution in [0.2, 0.25) is 0 Å². The van der Waals surface area contributed by atoms with Gasteiger partial charge in [0.15, 0.2) is 5.82 Å². The van der Waals surface area contributed by atoms with Crippen LogP contribution in [0.15, 0.2) is 4.52 Å². The Kier molecular flexibility index (Phi) is 5.24. The zero-order chi connectivity index (χ0) is 15.6.